The van der Waals surface area contributed by atoms with E-state index in [-0.39, 0.29) is 42.5 Å². The Bertz CT molecular complexity index is 731. The van der Waals surface area contributed by atoms with Crippen molar-refractivity contribution in [2.45, 2.75) is 32.9 Å². The van der Waals surface area contributed by atoms with E-state index in [1.54, 1.807) is 30.3 Å². The molecule has 1 unspecified atom stereocenters. The van der Waals surface area contributed by atoms with E-state index in [9.17, 15) is 4.79 Å². The smallest absolute Gasteiger partial charge is 0.243 e. The highest BCUT2D eigenvalue weighted by Gasteiger charge is 2.10. The molecule has 7 heteroatoms. The van der Waals surface area contributed by atoms with Gasteiger partial charge < -0.3 is 15.5 Å². The molecule has 0 saturated heterocycles. The first-order valence-electron chi connectivity index (χ1n) is 8.87. The Labute approximate surface area is 183 Å². The molecule has 0 aliphatic rings. The molecule has 0 fully saturated rings. The molecular formula is C20H29IN4OS. The molecule has 2 aromatic rings. The molecule has 0 bridgehead atoms. The number of aliphatic imine (C=N–C) groups is 1. The van der Waals surface area contributed by atoms with Crippen LogP contribution in [0.3, 0.4) is 0 Å². The van der Waals surface area contributed by atoms with Crippen molar-refractivity contribution >= 4 is 47.2 Å². The number of thiophene rings is 1. The Morgan fingerprint density at radius 3 is 2.41 bits per heavy atom. The molecular weight excluding hydrogens is 471 g/mol. The summed E-state index contributed by atoms with van der Waals surface area (Å²) >= 11 is 1.80. The molecule has 1 aromatic carbocycles. The number of nitrogens with zero attached hydrogens (tertiary/aromatic N) is 2. The van der Waals surface area contributed by atoms with Crippen molar-refractivity contribution in [3.05, 3.63) is 57.8 Å². The summed E-state index contributed by atoms with van der Waals surface area (Å²) in [6, 6.07) is 14.6. The van der Waals surface area contributed by atoms with Crippen LogP contribution in [0.1, 0.15) is 35.2 Å². The van der Waals surface area contributed by atoms with Crippen LogP contribution < -0.4 is 10.6 Å². The molecule has 1 amide bonds. The number of likely N-dealkylation sites (N-methyl/N-ethyl adjacent to an activating group) is 1. The quantitative estimate of drug-likeness (QED) is 0.346. The normalized spacial score (nSPS) is 12.1. The monoisotopic (exact) mass is 500 g/mol. The highest BCUT2D eigenvalue weighted by Crippen LogP contribution is 2.16. The van der Waals surface area contributed by atoms with Crippen molar-refractivity contribution in [1.82, 2.24) is 15.5 Å². The topological polar surface area (TPSA) is 56.7 Å². The molecule has 1 heterocycles. The number of hydrogen-bond donors (Lipinski definition) is 2. The lowest BCUT2D eigenvalue weighted by Crippen LogP contribution is -2.39. The lowest BCUT2D eigenvalue weighted by molar-refractivity contribution is -0.127. The van der Waals surface area contributed by atoms with Gasteiger partial charge in [-0.1, -0.05) is 37.3 Å². The van der Waals surface area contributed by atoms with Crippen LogP contribution in [0.15, 0.2) is 47.5 Å². The maximum absolute atomic E-state index is 11.9. The molecule has 0 saturated carbocycles. The van der Waals surface area contributed by atoms with E-state index in [4.69, 9.17) is 0 Å². The van der Waals surface area contributed by atoms with Gasteiger partial charge in [-0.3, -0.25) is 4.79 Å². The number of aryl methyl sites for hydroxylation is 1. The summed E-state index contributed by atoms with van der Waals surface area (Å²) in [7, 11) is 3.48. The van der Waals surface area contributed by atoms with Gasteiger partial charge in [0.1, 0.15) is 6.54 Å². The summed E-state index contributed by atoms with van der Waals surface area (Å²) in [6.07, 6.45) is 1.05. The highest BCUT2D eigenvalue weighted by atomic mass is 127. The zero-order valence-corrected chi connectivity index (χ0v) is 19.5. The average molecular weight is 500 g/mol. The number of nitrogens with one attached hydrogen (secondary N) is 2. The standard InChI is InChI=1S/C20H28N4OS.HI/c1-5-17-11-12-18(26-17)13-21-20(22-14-19(25)24(3)4)23-15(2)16-9-7-6-8-10-16;/h6-12,15H,5,13-14H2,1-4H3,(H2,21,22,23);1H. The fourth-order valence-corrected chi connectivity index (χ4v) is 3.25. The number of amides is 1. The summed E-state index contributed by atoms with van der Waals surface area (Å²) in [5.74, 6) is 0.617. The molecule has 0 spiro atoms. The average Bonchev–Trinajstić information content (AvgIpc) is 3.12. The Hall–Kier alpha value is -1.61. The third kappa shape index (κ3) is 7.88. The first-order valence-corrected chi connectivity index (χ1v) is 9.68. The fourth-order valence-electron chi connectivity index (χ4n) is 2.35. The van der Waals surface area contributed by atoms with Crippen LogP contribution in [-0.2, 0) is 17.8 Å². The molecule has 0 radical (unpaired) electrons. The lowest BCUT2D eigenvalue weighted by Gasteiger charge is -2.19. The van der Waals surface area contributed by atoms with Crippen molar-refractivity contribution < 1.29 is 4.79 Å². The lowest BCUT2D eigenvalue weighted by atomic mass is 10.1. The van der Waals surface area contributed by atoms with Crippen molar-refractivity contribution in [3.8, 4) is 0 Å². The molecule has 2 N–H and O–H groups in total. The minimum Gasteiger partial charge on any atom is -0.351 e. The van der Waals surface area contributed by atoms with Gasteiger partial charge in [0.25, 0.3) is 0 Å². The minimum atomic E-state index is -0.0251. The Morgan fingerprint density at radius 1 is 1.15 bits per heavy atom. The molecule has 27 heavy (non-hydrogen) atoms. The SMILES string of the molecule is CCc1ccc(CNC(=NCC(=O)N(C)C)NC(C)c2ccccc2)s1.I. The Morgan fingerprint density at radius 2 is 1.81 bits per heavy atom. The van der Waals surface area contributed by atoms with Crippen LogP contribution in [0, 0.1) is 0 Å². The third-order valence-corrected chi connectivity index (χ3v) is 5.25. The van der Waals surface area contributed by atoms with E-state index >= 15 is 0 Å². The number of halogens is 1. The van der Waals surface area contributed by atoms with Gasteiger partial charge in [-0.15, -0.1) is 35.3 Å². The van der Waals surface area contributed by atoms with E-state index in [0.29, 0.717) is 12.5 Å². The number of carbonyl (C=O) groups excluding carboxylic acids is 1. The first kappa shape index (κ1) is 23.4. The van der Waals surface area contributed by atoms with Gasteiger partial charge in [0.2, 0.25) is 5.91 Å². The zero-order chi connectivity index (χ0) is 18.9. The van der Waals surface area contributed by atoms with Crippen LogP contribution >= 0.6 is 35.3 Å². The Kier molecular flexibility index (Phi) is 10.4. The summed E-state index contributed by atoms with van der Waals surface area (Å²) in [5, 5.41) is 6.74. The van der Waals surface area contributed by atoms with Gasteiger partial charge in [0.05, 0.1) is 12.6 Å². The molecule has 5 nitrogen and oxygen atoms in total. The second-order valence-corrected chi connectivity index (χ2v) is 7.56. The van der Waals surface area contributed by atoms with Crippen LogP contribution in [0.4, 0.5) is 0 Å². The van der Waals surface area contributed by atoms with Crippen molar-refractivity contribution in [2.24, 2.45) is 4.99 Å². The maximum Gasteiger partial charge on any atom is 0.243 e. The van der Waals surface area contributed by atoms with Crippen LogP contribution in [0.2, 0.25) is 0 Å². The molecule has 0 aliphatic heterocycles. The number of carbonyl (C=O) groups is 1. The number of guanidine groups is 1. The van der Waals surface area contributed by atoms with Gasteiger partial charge in [-0.25, -0.2) is 4.99 Å². The number of rotatable bonds is 7. The summed E-state index contributed by atoms with van der Waals surface area (Å²) in [5.41, 5.74) is 1.17. The second-order valence-electron chi connectivity index (χ2n) is 6.30. The van der Waals surface area contributed by atoms with Gasteiger partial charge >= 0.3 is 0 Å². The fraction of sp³-hybridized carbons (Fsp3) is 0.400. The first-order chi connectivity index (χ1) is 12.5. The van der Waals surface area contributed by atoms with E-state index in [1.165, 1.54) is 15.3 Å². The van der Waals surface area contributed by atoms with Gasteiger partial charge in [-0.05, 0) is 31.0 Å². The van der Waals surface area contributed by atoms with Crippen molar-refractivity contribution in [1.29, 1.82) is 0 Å². The zero-order valence-electron chi connectivity index (χ0n) is 16.4. The largest absolute Gasteiger partial charge is 0.351 e. The van der Waals surface area contributed by atoms with Gasteiger partial charge in [0, 0.05) is 23.8 Å². The summed E-state index contributed by atoms with van der Waals surface area (Å²) < 4.78 is 0. The number of hydrogen-bond acceptors (Lipinski definition) is 3. The molecule has 2 rings (SSSR count). The maximum atomic E-state index is 11.9. The molecule has 1 aromatic heterocycles. The predicted molar refractivity (Wildman–Crippen MR) is 125 cm³/mol. The summed E-state index contributed by atoms with van der Waals surface area (Å²) in [4.78, 5) is 20.5. The molecule has 0 aliphatic carbocycles. The Balaban J connectivity index is 0.00000364. The van der Waals surface area contributed by atoms with Crippen molar-refractivity contribution in [2.75, 3.05) is 20.6 Å². The van der Waals surface area contributed by atoms with Crippen molar-refractivity contribution in [3.63, 3.8) is 0 Å². The number of benzene rings is 1. The molecule has 148 valence electrons. The third-order valence-electron chi connectivity index (χ3n) is 4.02. The van der Waals surface area contributed by atoms with Crippen LogP contribution in [0.25, 0.3) is 0 Å². The highest BCUT2D eigenvalue weighted by molar-refractivity contribution is 14.0. The van der Waals surface area contributed by atoms with Crippen LogP contribution in [-0.4, -0.2) is 37.4 Å². The predicted octanol–water partition coefficient (Wildman–Crippen LogP) is 3.81. The van der Waals surface area contributed by atoms with Gasteiger partial charge in [-0.2, -0.15) is 0 Å². The summed E-state index contributed by atoms with van der Waals surface area (Å²) in [6.45, 7) is 5.05. The van der Waals surface area contributed by atoms with Gasteiger partial charge in [0.15, 0.2) is 5.96 Å². The van der Waals surface area contributed by atoms with Crippen LogP contribution in [0.5, 0.6) is 0 Å². The second kappa shape index (κ2) is 12.0. The van der Waals surface area contributed by atoms with E-state index in [2.05, 4.69) is 53.7 Å². The van der Waals surface area contributed by atoms with E-state index in [0.717, 1.165) is 6.42 Å². The molecule has 1 atom stereocenters. The minimum absolute atomic E-state index is 0. The van der Waals surface area contributed by atoms with E-state index < -0.39 is 0 Å². The van der Waals surface area contributed by atoms with E-state index in [1.807, 2.05) is 18.2 Å².